The van der Waals surface area contributed by atoms with Gasteiger partial charge in [-0.15, -0.1) is 0 Å². The van der Waals surface area contributed by atoms with Gasteiger partial charge in [-0.05, 0) is 6.42 Å². The molecular formula is C12H22F2O. The maximum atomic E-state index is 12.6. The molecule has 2 atom stereocenters. The predicted octanol–water partition coefficient (Wildman–Crippen LogP) is 3.75. The lowest BCUT2D eigenvalue weighted by atomic mass is 10.0. The zero-order chi connectivity index (χ0) is 11.3. The number of unbranched alkanes of at least 4 members (excludes halogenated alkanes) is 5. The summed E-state index contributed by atoms with van der Waals surface area (Å²) in [6, 6.07) is 0. The van der Waals surface area contributed by atoms with Gasteiger partial charge in [0.05, 0.1) is 12.0 Å². The maximum Gasteiger partial charge on any atom is 0.254 e. The topological polar surface area (TPSA) is 20.2 Å². The highest BCUT2D eigenvalue weighted by atomic mass is 19.3. The summed E-state index contributed by atoms with van der Waals surface area (Å²) >= 11 is 0. The fraction of sp³-hybridized carbons (Fsp3) is 1.00. The maximum absolute atomic E-state index is 12.6. The Morgan fingerprint density at radius 2 is 1.73 bits per heavy atom. The zero-order valence-corrected chi connectivity index (χ0v) is 9.51. The van der Waals surface area contributed by atoms with Gasteiger partial charge in [0.2, 0.25) is 0 Å². The smallest absolute Gasteiger partial charge is 0.254 e. The van der Waals surface area contributed by atoms with Gasteiger partial charge in [0.15, 0.2) is 0 Å². The van der Waals surface area contributed by atoms with Crippen molar-refractivity contribution in [3.05, 3.63) is 0 Å². The van der Waals surface area contributed by atoms with Gasteiger partial charge in [0, 0.05) is 6.42 Å². The Hall–Kier alpha value is -0.180. The first-order valence-corrected chi connectivity index (χ1v) is 6.14. The first-order valence-electron chi connectivity index (χ1n) is 6.14. The van der Waals surface area contributed by atoms with Crippen molar-refractivity contribution in [1.82, 2.24) is 0 Å². The van der Waals surface area contributed by atoms with Crippen LogP contribution in [-0.2, 0) is 0 Å². The lowest BCUT2D eigenvalue weighted by Crippen LogP contribution is -2.14. The first kappa shape index (κ1) is 12.9. The van der Waals surface area contributed by atoms with E-state index in [1.165, 1.54) is 25.7 Å². The number of alkyl halides is 2. The minimum absolute atomic E-state index is 0.107. The fourth-order valence-electron chi connectivity index (χ4n) is 1.99. The largest absolute Gasteiger partial charge is 0.393 e. The third kappa shape index (κ3) is 4.45. The molecule has 0 saturated heterocycles. The zero-order valence-electron chi connectivity index (χ0n) is 9.51. The van der Waals surface area contributed by atoms with Crippen LogP contribution in [0.3, 0.4) is 0 Å². The highest BCUT2D eigenvalue weighted by Crippen LogP contribution is 2.51. The Balaban J connectivity index is 1.92. The summed E-state index contributed by atoms with van der Waals surface area (Å²) in [4.78, 5) is 0. The van der Waals surface area contributed by atoms with Crippen molar-refractivity contribution < 1.29 is 13.9 Å². The van der Waals surface area contributed by atoms with E-state index in [9.17, 15) is 13.9 Å². The summed E-state index contributed by atoms with van der Waals surface area (Å²) in [6.45, 7) is 2.17. The van der Waals surface area contributed by atoms with Gasteiger partial charge >= 0.3 is 0 Å². The second kappa shape index (κ2) is 5.78. The lowest BCUT2D eigenvalue weighted by Gasteiger charge is -2.08. The molecule has 1 aliphatic rings. The standard InChI is InChI=1S/C12H22F2O/c1-2-3-4-5-6-7-8-11(15)10-9-12(10,13)14/h10-11,15H,2-9H2,1H3. The quantitative estimate of drug-likeness (QED) is 0.618. The third-order valence-electron chi connectivity index (χ3n) is 3.19. The minimum atomic E-state index is -2.57. The summed E-state index contributed by atoms with van der Waals surface area (Å²) in [7, 11) is 0. The van der Waals surface area contributed by atoms with Gasteiger partial charge in [-0.1, -0.05) is 45.4 Å². The van der Waals surface area contributed by atoms with Crippen LogP contribution in [0.5, 0.6) is 0 Å². The number of hydrogen-bond acceptors (Lipinski definition) is 1. The van der Waals surface area contributed by atoms with Crippen molar-refractivity contribution in [2.24, 2.45) is 5.92 Å². The number of rotatable bonds is 8. The Bertz CT molecular complexity index is 182. The highest BCUT2D eigenvalue weighted by molar-refractivity contribution is 4.99. The van der Waals surface area contributed by atoms with E-state index in [1.54, 1.807) is 0 Å². The van der Waals surface area contributed by atoms with E-state index >= 15 is 0 Å². The molecule has 1 fully saturated rings. The van der Waals surface area contributed by atoms with Crippen molar-refractivity contribution in [3.8, 4) is 0 Å². The summed E-state index contributed by atoms with van der Waals surface area (Å²) in [5.41, 5.74) is 0. The summed E-state index contributed by atoms with van der Waals surface area (Å²) < 4.78 is 25.1. The van der Waals surface area contributed by atoms with E-state index < -0.39 is 17.9 Å². The molecule has 1 N–H and O–H groups in total. The number of halogens is 2. The van der Waals surface area contributed by atoms with Crippen LogP contribution in [0.25, 0.3) is 0 Å². The number of aliphatic hydroxyl groups is 1. The molecule has 1 saturated carbocycles. The lowest BCUT2D eigenvalue weighted by molar-refractivity contribution is 0.0438. The van der Waals surface area contributed by atoms with Crippen LogP contribution < -0.4 is 0 Å². The van der Waals surface area contributed by atoms with Crippen molar-refractivity contribution in [2.75, 3.05) is 0 Å². The van der Waals surface area contributed by atoms with Gasteiger partial charge < -0.3 is 5.11 Å². The van der Waals surface area contributed by atoms with Crippen LogP contribution >= 0.6 is 0 Å². The SMILES string of the molecule is CCCCCCCCC(O)C1CC1(F)F. The Morgan fingerprint density at radius 1 is 1.20 bits per heavy atom. The molecule has 0 spiro atoms. The van der Waals surface area contributed by atoms with Crippen LogP contribution in [0.2, 0.25) is 0 Å². The van der Waals surface area contributed by atoms with Crippen LogP contribution in [0.1, 0.15) is 58.3 Å². The molecule has 2 unspecified atom stereocenters. The molecule has 3 heteroatoms. The van der Waals surface area contributed by atoms with Crippen molar-refractivity contribution in [3.63, 3.8) is 0 Å². The molecule has 0 aromatic heterocycles. The number of hydrogen-bond donors (Lipinski definition) is 1. The third-order valence-corrected chi connectivity index (χ3v) is 3.19. The van der Waals surface area contributed by atoms with Crippen LogP contribution in [0, 0.1) is 5.92 Å². The summed E-state index contributed by atoms with van der Waals surface area (Å²) in [5, 5.41) is 9.45. The van der Waals surface area contributed by atoms with Gasteiger partial charge in [0.25, 0.3) is 5.92 Å². The van der Waals surface area contributed by atoms with E-state index in [1.807, 2.05) is 0 Å². The molecule has 0 radical (unpaired) electrons. The second-order valence-electron chi connectivity index (χ2n) is 4.70. The van der Waals surface area contributed by atoms with E-state index in [4.69, 9.17) is 0 Å². The second-order valence-corrected chi connectivity index (χ2v) is 4.70. The Kier molecular flexibility index (Phi) is 4.97. The normalized spacial score (nSPS) is 25.2. The molecule has 0 bridgehead atoms. The molecule has 0 amide bonds. The van der Waals surface area contributed by atoms with Gasteiger partial charge in [0.1, 0.15) is 0 Å². The van der Waals surface area contributed by atoms with E-state index in [0.717, 1.165) is 12.8 Å². The molecular weight excluding hydrogens is 198 g/mol. The Labute approximate surface area is 90.9 Å². The van der Waals surface area contributed by atoms with E-state index in [-0.39, 0.29) is 6.42 Å². The van der Waals surface area contributed by atoms with Crippen LogP contribution in [0.4, 0.5) is 8.78 Å². The molecule has 1 nitrogen and oxygen atoms in total. The molecule has 0 heterocycles. The Morgan fingerprint density at radius 3 is 2.27 bits per heavy atom. The predicted molar refractivity (Wildman–Crippen MR) is 57.1 cm³/mol. The van der Waals surface area contributed by atoms with E-state index in [2.05, 4.69) is 6.92 Å². The van der Waals surface area contributed by atoms with Crippen molar-refractivity contribution in [2.45, 2.75) is 70.3 Å². The highest BCUT2D eigenvalue weighted by Gasteiger charge is 2.59. The molecule has 1 rings (SSSR count). The number of aliphatic hydroxyl groups excluding tert-OH is 1. The molecule has 1 aliphatic carbocycles. The van der Waals surface area contributed by atoms with Gasteiger partial charge in [-0.2, -0.15) is 0 Å². The van der Waals surface area contributed by atoms with Gasteiger partial charge in [-0.3, -0.25) is 0 Å². The average Bonchev–Trinajstić information content (AvgIpc) is 2.81. The molecule has 0 aromatic carbocycles. The minimum Gasteiger partial charge on any atom is -0.393 e. The fourth-order valence-corrected chi connectivity index (χ4v) is 1.99. The summed E-state index contributed by atoms with van der Waals surface area (Å²) in [6.07, 6.45) is 6.49. The first-order chi connectivity index (χ1) is 7.08. The van der Waals surface area contributed by atoms with Crippen molar-refractivity contribution >= 4 is 0 Å². The van der Waals surface area contributed by atoms with Crippen molar-refractivity contribution in [1.29, 1.82) is 0 Å². The molecule has 15 heavy (non-hydrogen) atoms. The molecule has 90 valence electrons. The van der Waals surface area contributed by atoms with Gasteiger partial charge in [-0.25, -0.2) is 8.78 Å². The summed E-state index contributed by atoms with van der Waals surface area (Å²) in [5.74, 6) is -3.31. The average molecular weight is 220 g/mol. The molecule has 0 aromatic rings. The monoisotopic (exact) mass is 220 g/mol. The van der Waals surface area contributed by atoms with E-state index in [0.29, 0.717) is 6.42 Å². The molecule has 0 aliphatic heterocycles. The van der Waals surface area contributed by atoms with Crippen LogP contribution in [-0.4, -0.2) is 17.1 Å². The van der Waals surface area contributed by atoms with Crippen LogP contribution in [0.15, 0.2) is 0 Å².